The molecule has 0 saturated heterocycles. The van der Waals surface area contributed by atoms with Crippen LogP contribution in [0.3, 0.4) is 0 Å². The average Bonchev–Trinajstić information content (AvgIpc) is 2.48. The second kappa shape index (κ2) is 5.87. The lowest BCUT2D eigenvalue weighted by molar-refractivity contribution is 0.0864. The first kappa shape index (κ1) is 13.6. The zero-order valence-corrected chi connectivity index (χ0v) is 11.0. The molecule has 0 aliphatic heterocycles. The molecule has 3 nitrogen and oxygen atoms in total. The van der Waals surface area contributed by atoms with Crippen LogP contribution in [0.5, 0.6) is 5.75 Å². The molecule has 3 N–H and O–H groups in total. The van der Waals surface area contributed by atoms with E-state index in [1.165, 1.54) is 0 Å². The van der Waals surface area contributed by atoms with Gasteiger partial charge in [0.2, 0.25) is 0 Å². The Morgan fingerprint density at radius 3 is 2.32 bits per heavy atom. The van der Waals surface area contributed by atoms with E-state index in [-0.39, 0.29) is 6.54 Å². The lowest BCUT2D eigenvalue weighted by Crippen LogP contribution is -2.36. The van der Waals surface area contributed by atoms with Crippen LogP contribution in [-0.4, -0.2) is 18.3 Å². The molecule has 1 unspecified atom stereocenters. The first-order valence-corrected chi connectivity index (χ1v) is 6.42. The Morgan fingerprint density at radius 1 is 1.05 bits per heavy atom. The van der Waals surface area contributed by atoms with Gasteiger partial charge in [-0.3, -0.25) is 0 Å². The monoisotopic (exact) mass is 257 g/mol. The lowest BCUT2D eigenvalue weighted by atomic mass is 9.86. The predicted octanol–water partition coefficient (Wildman–Crippen LogP) is 2.28. The minimum absolute atomic E-state index is 0.0983. The highest BCUT2D eigenvalue weighted by Crippen LogP contribution is 2.34. The molecule has 0 bridgehead atoms. The van der Waals surface area contributed by atoms with E-state index >= 15 is 0 Å². The first-order valence-electron chi connectivity index (χ1n) is 6.42. The standard InChI is InChI=1S/C16H19NO2/c1-2-19-15-11-7-6-10-14(15)16(18,12-17)13-8-4-3-5-9-13/h3-11,18H,2,12,17H2,1H3. The summed E-state index contributed by atoms with van der Waals surface area (Å²) in [6.07, 6.45) is 0. The van der Waals surface area contributed by atoms with Crippen LogP contribution < -0.4 is 10.5 Å². The van der Waals surface area contributed by atoms with Crippen LogP contribution in [0.4, 0.5) is 0 Å². The van der Waals surface area contributed by atoms with Gasteiger partial charge in [-0.05, 0) is 18.6 Å². The van der Waals surface area contributed by atoms with Crippen molar-refractivity contribution in [1.29, 1.82) is 0 Å². The molecule has 0 spiro atoms. The minimum Gasteiger partial charge on any atom is -0.493 e. The number of rotatable bonds is 5. The average molecular weight is 257 g/mol. The molecule has 0 aromatic heterocycles. The highest BCUT2D eigenvalue weighted by molar-refractivity contribution is 5.45. The van der Waals surface area contributed by atoms with E-state index in [0.29, 0.717) is 17.9 Å². The van der Waals surface area contributed by atoms with Crippen LogP contribution in [0.2, 0.25) is 0 Å². The molecule has 2 rings (SSSR count). The topological polar surface area (TPSA) is 55.5 Å². The maximum absolute atomic E-state index is 11.0. The van der Waals surface area contributed by atoms with E-state index in [4.69, 9.17) is 10.5 Å². The largest absolute Gasteiger partial charge is 0.493 e. The number of hydrogen-bond donors (Lipinski definition) is 2. The van der Waals surface area contributed by atoms with E-state index in [1.807, 2.05) is 61.5 Å². The van der Waals surface area contributed by atoms with E-state index in [9.17, 15) is 5.11 Å². The Hall–Kier alpha value is -1.84. The van der Waals surface area contributed by atoms with E-state index in [1.54, 1.807) is 0 Å². The van der Waals surface area contributed by atoms with Crippen LogP contribution in [-0.2, 0) is 5.60 Å². The van der Waals surface area contributed by atoms with Gasteiger partial charge in [-0.2, -0.15) is 0 Å². The molecule has 3 heteroatoms. The highest BCUT2D eigenvalue weighted by Gasteiger charge is 2.32. The van der Waals surface area contributed by atoms with Gasteiger partial charge in [0.1, 0.15) is 11.4 Å². The summed E-state index contributed by atoms with van der Waals surface area (Å²) in [6, 6.07) is 16.9. The van der Waals surface area contributed by atoms with Crippen LogP contribution in [0.1, 0.15) is 18.1 Å². The van der Waals surface area contributed by atoms with Gasteiger partial charge in [0.15, 0.2) is 0 Å². The van der Waals surface area contributed by atoms with Gasteiger partial charge >= 0.3 is 0 Å². The van der Waals surface area contributed by atoms with Gasteiger partial charge in [0, 0.05) is 12.1 Å². The predicted molar refractivity (Wildman–Crippen MR) is 76.1 cm³/mol. The van der Waals surface area contributed by atoms with Gasteiger partial charge in [0.05, 0.1) is 6.61 Å². The van der Waals surface area contributed by atoms with Crippen LogP contribution in [0.15, 0.2) is 54.6 Å². The summed E-state index contributed by atoms with van der Waals surface area (Å²) in [5, 5.41) is 11.0. The second-order valence-electron chi connectivity index (χ2n) is 4.36. The molecule has 2 aromatic rings. The fraction of sp³-hybridized carbons (Fsp3) is 0.250. The molecule has 0 heterocycles. The summed E-state index contributed by atoms with van der Waals surface area (Å²) in [7, 11) is 0. The van der Waals surface area contributed by atoms with Crippen LogP contribution >= 0.6 is 0 Å². The molecule has 0 aliphatic rings. The molecular weight excluding hydrogens is 238 g/mol. The fourth-order valence-corrected chi connectivity index (χ4v) is 2.19. The van der Waals surface area contributed by atoms with Crippen LogP contribution in [0, 0.1) is 0 Å². The van der Waals surface area contributed by atoms with Crippen molar-refractivity contribution in [2.75, 3.05) is 13.2 Å². The Labute approximate surface area is 113 Å². The quantitative estimate of drug-likeness (QED) is 0.864. The molecule has 0 saturated carbocycles. The molecule has 1 atom stereocenters. The summed E-state index contributed by atoms with van der Waals surface area (Å²) < 4.78 is 5.59. The minimum atomic E-state index is -1.23. The third-order valence-electron chi connectivity index (χ3n) is 3.18. The fourth-order valence-electron chi connectivity index (χ4n) is 2.19. The Morgan fingerprint density at radius 2 is 1.68 bits per heavy atom. The van der Waals surface area contributed by atoms with Crippen molar-refractivity contribution in [3.05, 3.63) is 65.7 Å². The molecule has 0 amide bonds. The summed E-state index contributed by atoms with van der Waals surface area (Å²) in [4.78, 5) is 0. The summed E-state index contributed by atoms with van der Waals surface area (Å²) in [6.45, 7) is 2.56. The Balaban J connectivity index is 2.53. The molecule has 0 aliphatic carbocycles. The number of nitrogens with two attached hydrogens (primary N) is 1. The van der Waals surface area contributed by atoms with Crippen molar-refractivity contribution in [3.63, 3.8) is 0 Å². The van der Waals surface area contributed by atoms with Gasteiger partial charge in [-0.15, -0.1) is 0 Å². The zero-order valence-electron chi connectivity index (χ0n) is 11.0. The number of ether oxygens (including phenoxy) is 1. The zero-order chi connectivity index (χ0) is 13.7. The molecular formula is C16H19NO2. The molecule has 0 fully saturated rings. The van der Waals surface area contributed by atoms with Crippen molar-refractivity contribution in [2.24, 2.45) is 5.73 Å². The van der Waals surface area contributed by atoms with Crippen LogP contribution in [0.25, 0.3) is 0 Å². The SMILES string of the molecule is CCOc1ccccc1C(O)(CN)c1ccccc1. The summed E-state index contributed by atoms with van der Waals surface area (Å²) >= 11 is 0. The Bertz CT molecular complexity index is 527. The Kier molecular flexibility index (Phi) is 4.20. The molecule has 2 aromatic carbocycles. The number of para-hydroxylation sites is 1. The smallest absolute Gasteiger partial charge is 0.130 e. The van der Waals surface area contributed by atoms with Gasteiger partial charge in [-0.1, -0.05) is 48.5 Å². The first-order chi connectivity index (χ1) is 9.22. The normalized spacial score (nSPS) is 13.8. The maximum atomic E-state index is 11.0. The molecule has 19 heavy (non-hydrogen) atoms. The molecule has 0 radical (unpaired) electrons. The third kappa shape index (κ3) is 2.62. The number of hydrogen-bond acceptors (Lipinski definition) is 3. The van der Waals surface area contributed by atoms with E-state index in [0.717, 1.165) is 5.56 Å². The van der Waals surface area contributed by atoms with Crippen molar-refractivity contribution >= 4 is 0 Å². The second-order valence-corrected chi connectivity index (χ2v) is 4.36. The maximum Gasteiger partial charge on any atom is 0.130 e. The molecule has 100 valence electrons. The number of aliphatic hydroxyl groups is 1. The van der Waals surface area contributed by atoms with Crippen molar-refractivity contribution < 1.29 is 9.84 Å². The lowest BCUT2D eigenvalue weighted by Gasteiger charge is -2.29. The van der Waals surface area contributed by atoms with Gasteiger partial charge in [-0.25, -0.2) is 0 Å². The van der Waals surface area contributed by atoms with E-state index in [2.05, 4.69) is 0 Å². The van der Waals surface area contributed by atoms with Gasteiger partial charge < -0.3 is 15.6 Å². The van der Waals surface area contributed by atoms with Crippen molar-refractivity contribution in [1.82, 2.24) is 0 Å². The highest BCUT2D eigenvalue weighted by atomic mass is 16.5. The number of benzene rings is 2. The van der Waals surface area contributed by atoms with Gasteiger partial charge in [0.25, 0.3) is 0 Å². The summed E-state index contributed by atoms with van der Waals surface area (Å²) in [5.74, 6) is 0.668. The third-order valence-corrected chi connectivity index (χ3v) is 3.18. The van der Waals surface area contributed by atoms with Crippen molar-refractivity contribution in [3.8, 4) is 5.75 Å². The van der Waals surface area contributed by atoms with Crippen molar-refractivity contribution in [2.45, 2.75) is 12.5 Å². The summed E-state index contributed by atoms with van der Waals surface area (Å²) in [5.41, 5.74) is 6.07. The van der Waals surface area contributed by atoms with E-state index < -0.39 is 5.60 Å².